The summed E-state index contributed by atoms with van der Waals surface area (Å²) in [6.07, 6.45) is 1.65. The van der Waals surface area contributed by atoms with Gasteiger partial charge >= 0.3 is 0 Å². The van der Waals surface area contributed by atoms with Crippen LogP contribution in [0.4, 0.5) is 4.39 Å². The van der Waals surface area contributed by atoms with E-state index in [9.17, 15) is 18.8 Å². The predicted molar refractivity (Wildman–Crippen MR) is 123 cm³/mol. The zero-order valence-electron chi connectivity index (χ0n) is 19.2. The highest BCUT2D eigenvalue weighted by atomic mass is 19.1. The fourth-order valence-electron chi connectivity index (χ4n) is 5.55. The molecule has 0 radical (unpaired) electrons. The van der Waals surface area contributed by atoms with Crippen molar-refractivity contribution in [1.29, 1.82) is 0 Å². The van der Waals surface area contributed by atoms with Crippen molar-refractivity contribution in [3.05, 3.63) is 65.5 Å². The van der Waals surface area contributed by atoms with Gasteiger partial charge in [-0.1, -0.05) is 24.3 Å². The quantitative estimate of drug-likeness (QED) is 0.628. The molecule has 3 aliphatic rings. The van der Waals surface area contributed by atoms with Gasteiger partial charge in [-0.3, -0.25) is 14.4 Å². The highest BCUT2D eigenvalue weighted by molar-refractivity contribution is 5.99. The third-order valence-electron chi connectivity index (χ3n) is 7.13. The first-order valence-corrected chi connectivity index (χ1v) is 12.0. The Bertz CT molecular complexity index is 1120. The molecule has 9 heteroatoms. The average Bonchev–Trinajstić information content (AvgIpc) is 3.52. The number of amides is 3. The van der Waals surface area contributed by atoms with Gasteiger partial charge < -0.3 is 25.0 Å². The van der Waals surface area contributed by atoms with Crippen molar-refractivity contribution in [1.82, 2.24) is 15.1 Å². The second-order valence-electron chi connectivity index (χ2n) is 9.23. The summed E-state index contributed by atoms with van der Waals surface area (Å²) >= 11 is 0. The number of rotatable bonds is 7. The minimum atomic E-state index is -0.689. The lowest BCUT2D eigenvalue weighted by molar-refractivity contribution is -0.159. The SMILES string of the molecule is O=C(NCc1ccc(F)cc1)[C@H]1C[C@H]2C(=O)N3CCC[C@H]3C(=O)N2[C@H]1c1cccc(OCCO)c1. The van der Waals surface area contributed by atoms with Crippen LogP contribution >= 0.6 is 0 Å². The first-order chi connectivity index (χ1) is 17.0. The summed E-state index contributed by atoms with van der Waals surface area (Å²) in [4.78, 5) is 43.6. The summed E-state index contributed by atoms with van der Waals surface area (Å²) in [7, 11) is 0. The Morgan fingerprint density at radius 1 is 1.11 bits per heavy atom. The Balaban J connectivity index is 1.45. The third-order valence-corrected chi connectivity index (χ3v) is 7.13. The maximum atomic E-state index is 13.6. The van der Waals surface area contributed by atoms with E-state index in [1.165, 1.54) is 12.1 Å². The molecule has 3 saturated heterocycles. The van der Waals surface area contributed by atoms with Gasteiger partial charge in [0.15, 0.2) is 0 Å². The maximum absolute atomic E-state index is 13.6. The van der Waals surface area contributed by atoms with Crippen molar-refractivity contribution >= 4 is 17.7 Å². The van der Waals surface area contributed by atoms with Crippen LogP contribution in [0.3, 0.4) is 0 Å². The van der Waals surface area contributed by atoms with Crippen LogP contribution in [-0.4, -0.2) is 64.5 Å². The van der Waals surface area contributed by atoms with Gasteiger partial charge in [0.25, 0.3) is 0 Å². The molecule has 4 atom stereocenters. The Labute approximate surface area is 202 Å². The molecule has 5 rings (SSSR count). The highest BCUT2D eigenvalue weighted by Gasteiger charge is 2.57. The molecule has 0 unspecified atom stereocenters. The molecule has 0 aromatic heterocycles. The molecule has 3 aliphatic heterocycles. The van der Waals surface area contributed by atoms with Crippen LogP contribution in [-0.2, 0) is 20.9 Å². The lowest BCUT2D eigenvalue weighted by atomic mass is 9.92. The van der Waals surface area contributed by atoms with E-state index >= 15 is 0 Å². The van der Waals surface area contributed by atoms with Crippen LogP contribution in [0.2, 0.25) is 0 Å². The number of ether oxygens (including phenoxy) is 1. The Kier molecular flexibility index (Phi) is 6.42. The highest BCUT2D eigenvalue weighted by Crippen LogP contribution is 2.46. The Hall–Kier alpha value is -3.46. The second kappa shape index (κ2) is 9.65. The van der Waals surface area contributed by atoms with Gasteiger partial charge in [0.1, 0.15) is 30.3 Å². The van der Waals surface area contributed by atoms with Crippen molar-refractivity contribution in [2.75, 3.05) is 19.8 Å². The van der Waals surface area contributed by atoms with Gasteiger partial charge in [0.05, 0.1) is 18.6 Å². The molecule has 8 nitrogen and oxygen atoms in total. The molecular formula is C26H28FN3O5. The smallest absolute Gasteiger partial charge is 0.246 e. The monoisotopic (exact) mass is 481 g/mol. The molecule has 3 amide bonds. The van der Waals surface area contributed by atoms with E-state index in [4.69, 9.17) is 9.84 Å². The van der Waals surface area contributed by atoms with E-state index in [0.717, 1.165) is 12.0 Å². The van der Waals surface area contributed by atoms with Gasteiger partial charge in [-0.2, -0.15) is 0 Å². The fraction of sp³-hybridized carbons (Fsp3) is 0.423. The number of carbonyl (C=O) groups is 3. The molecule has 0 saturated carbocycles. The number of fused-ring (bicyclic) bond motifs is 2. The van der Waals surface area contributed by atoms with Gasteiger partial charge in [-0.25, -0.2) is 4.39 Å². The lowest BCUT2D eigenvalue weighted by Gasteiger charge is -2.41. The molecule has 0 bridgehead atoms. The molecule has 3 heterocycles. The van der Waals surface area contributed by atoms with E-state index in [-0.39, 0.29) is 49.7 Å². The van der Waals surface area contributed by atoms with Crippen LogP contribution < -0.4 is 10.1 Å². The summed E-state index contributed by atoms with van der Waals surface area (Å²) in [5.74, 6) is -0.957. The summed E-state index contributed by atoms with van der Waals surface area (Å²) in [5.41, 5.74) is 1.46. The number of hydrogen-bond acceptors (Lipinski definition) is 5. The minimum Gasteiger partial charge on any atom is -0.491 e. The number of benzene rings is 2. The molecule has 2 aromatic carbocycles. The van der Waals surface area contributed by atoms with Crippen LogP contribution in [0.15, 0.2) is 48.5 Å². The van der Waals surface area contributed by atoms with E-state index < -0.39 is 24.0 Å². The standard InChI is InChI=1S/C26H28FN3O5/c27-18-8-6-16(7-9-18)15-28-24(32)20-14-22-25(33)29-10-2-5-21(29)26(34)30(22)23(20)17-3-1-4-19(13-17)35-12-11-31/h1,3-4,6-9,13,20-23,31H,2,5,10-12,14-15H2,(H,28,32)/t20-,21-,22-,23-/m0/s1. The van der Waals surface area contributed by atoms with Crippen LogP contribution in [0.1, 0.15) is 36.4 Å². The maximum Gasteiger partial charge on any atom is 0.246 e. The first kappa shape index (κ1) is 23.3. The number of aliphatic hydroxyl groups excluding tert-OH is 1. The van der Waals surface area contributed by atoms with Crippen molar-refractivity contribution in [3.8, 4) is 5.75 Å². The van der Waals surface area contributed by atoms with Crippen LogP contribution in [0, 0.1) is 11.7 Å². The molecule has 0 spiro atoms. The van der Waals surface area contributed by atoms with E-state index in [1.807, 2.05) is 6.07 Å². The predicted octanol–water partition coefficient (Wildman–Crippen LogP) is 1.78. The van der Waals surface area contributed by atoms with Gasteiger partial charge in [-0.15, -0.1) is 0 Å². The average molecular weight is 482 g/mol. The number of halogens is 1. The Morgan fingerprint density at radius 3 is 2.69 bits per heavy atom. The zero-order chi connectivity index (χ0) is 24.5. The Morgan fingerprint density at radius 2 is 1.91 bits per heavy atom. The van der Waals surface area contributed by atoms with Gasteiger partial charge in [-0.05, 0) is 54.7 Å². The van der Waals surface area contributed by atoms with Gasteiger partial charge in [0, 0.05) is 13.1 Å². The number of carbonyl (C=O) groups excluding carboxylic acids is 3. The molecule has 2 aromatic rings. The fourth-order valence-corrected chi connectivity index (χ4v) is 5.55. The van der Waals surface area contributed by atoms with E-state index in [0.29, 0.717) is 24.3 Å². The van der Waals surface area contributed by atoms with Crippen molar-refractivity contribution < 1.29 is 28.6 Å². The number of aliphatic hydroxyl groups is 1. The van der Waals surface area contributed by atoms with Crippen molar-refractivity contribution in [2.24, 2.45) is 5.92 Å². The topological polar surface area (TPSA) is 99.2 Å². The van der Waals surface area contributed by atoms with E-state index in [2.05, 4.69) is 5.32 Å². The summed E-state index contributed by atoms with van der Waals surface area (Å²) in [5, 5.41) is 12.0. The number of nitrogens with zero attached hydrogens (tertiary/aromatic N) is 2. The molecule has 2 N–H and O–H groups in total. The molecule has 35 heavy (non-hydrogen) atoms. The van der Waals surface area contributed by atoms with Crippen molar-refractivity contribution in [2.45, 2.75) is 43.9 Å². The molecule has 184 valence electrons. The molecular weight excluding hydrogens is 453 g/mol. The van der Waals surface area contributed by atoms with Gasteiger partial charge in [0.2, 0.25) is 17.7 Å². The van der Waals surface area contributed by atoms with Crippen molar-refractivity contribution in [3.63, 3.8) is 0 Å². The number of hydrogen-bond donors (Lipinski definition) is 2. The molecule has 3 fully saturated rings. The summed E-state index contributed by atoms with van der Waals surface area (Å²) in [6, 6.07) is 11.2. The normalized spacial score (nSPS) is 25.4. The largest absolute Gasteiger partial charge is 0.491 e. The van der Waals surface area contributed by atoms with E-state index in [1.54, 1.807) is 40.1 Å². The zero-order valence-corrected chi connectivity index (χ0v) is 19.2. The third kappa shape index (κ3) is 4.36. The molecule has 0 aliphatic carbocycles. The van der Waals surface area contributed by atoms with Crippen LogP contribution in [0.25, 0.3) is 0 Å². The summed E-state index contributed by atoms with van der Waals surface area (Å²) in [6.45, 7) is 0.761. The summed E-state index contributed by atoms with van der Waals surface area (Å²) < 4.78 is 18.8. The van der Waals surface area contributed by atoms with Crippen LogP contribution in [0.5, 0.6) is 5.75 Å². The number of piperazine rings is 1. The minimum absolute atomic E-state index is 0.0985. The second-order valence-corrected chi connectivity index (χ2v) is 9.23. The lowest BCUT2D eigenvalue weighted by Crippen LogP contribution is -2.60. The number of nitrogens with one attached hydrogen (secondary N) is 1. The first-order valence-electron chi connectivity index (χ1n) is 12.0.